The molecule has 7 heteroatoms. The number of fused-ring (bicyclic) bond motifs is 1. The molecule has 2 aromatic heterocycles. The number of carbonyl (C=O) groups excluding carboxylic acids is 1. The first-order valence-corrected chi connectivity index (χ1v) is 10.8. The molecule has 1 aliphatic carbocycles. The first kappa shape index (κ1) is 19.3. The molecule has 0 bridgehead atoms. The van der Waals surface area contributed by atoms with Crippen LogP contribution in [0.25, 0.3) is 22.2 Å². The number of benzene rings is 1. The average Bonchev–Trinajstić information content (AvgIpc) is 3.34. The highest BCUT2D eigenvalue weighted by Crippen LogP contribution is 2.29. The number of hydrogen-bond donors (Lipinski definition) is 0. The van der Waals surface area contributed by atoms with Gasteiger partial charge >= 0.3 is 0 Å². The number of aromatic nitrogens is 3. The van der Waals surface area contributed by atoms with Gasteiger partial charge in [-0.2, -0.15) is 0 Å². The molecule has 1 aromatic carbocycles. The van der Waals surface area contributed by atoms with Crippen LogP contribution in [0.2, 0.25) is 0 Å². The molecule has 30 heavy (non-hydrogen) atoms. The topological polar surface area (TPSA) is 81.3 Å². The van der Waals surface area contributed by atoms with Gasteiger partial charge < -0.3 is 9.15 Å². The third-order valence-electron chi connectivity index (χ3n) is 6.40. The zero-order chi connectivity index (χ0) is 20.3. The normalized spacial score (nSPS) is 22.9. The van der Waals surface area contributed by atoms with Crippen LogP contribution < -0.4 is 0 Å². The smallest absolute Gasteiger partial charge is 0.181 e. The Balaban J connectivity index is 1.23. The van der Waals surface area contributed by atoms with Crippen molar-refractivity contribution in [2.45, 2.75) is 38.1 Å². The standard InChI is InChI=1S/C23H26N4O3/c28-21(16-3-5-19(6-4-16)27-7-9-29-10-8-27)12-23-25-13-18-2-1-17(11-20(18)26-23)22-14-24-15-30-22/h1-2,11,13-16,19H,3-10,12H2. The van der Waals surface area contributed by atoms with Gasteiger partial charge in [-0.1, -0.05) is 12.1 Å². The lowest BCUT2D eigenvalue weighted by molar-refractivity contribution is -0.123. The molecular formula is C23H26N4O3. The summed E-state index contributed by atoms with van der Waals surface area (Å²) in [5, 5.41) is 0.945. The number of carbonyl (C=O) groups is 1. The van der Waals surface area contributed by atoms with E-state index in [2.05, 4.69) is 19.9 Å². The maximum Gasteiger partial charge on any atom is 0.181 e. The molecule has 0 unspecified atom stereocenters. The predicted octanol–water partition coefficient (Wildman–Crippen LogP) is 3.29. The molecule has 2 fully saturated rings. The van der Waals surface area contributed by atoms with Gasteiger partial charge in [-0.3, -0.25) is 9.69 Å². The van der Waals surface area contributed by atoms with Crippen LogP contribution in [0, 0.1) is 5.92 Å². The number of hydrogen-bond acceptors (Lipinski definition) is 7. The quantitative estimate of drug-likeness (QED) is 0.643. The summed E-state index contributed by atoms with van der Waals surface area (Å²) < 4.78 is 10.8. The van der Waals surface area contributed by atoms with Crippen LogP contribution in [0.4, 0.5) is 0 Å². The molecule has 0 radical (unpaired) electrons. The number of morpholine rings is 1. The molecule has 0 amide bonds. The second kappa shape index (κ2) is 8.62. The van der Waals surface area contributed by atoms with Gasteiger partial charge in [0.15, 0.2) is 12.2 Å². The first-order valence-electron chi connectivity index (χ1n) is 10.8. The van der Waals surface area contributed by atoms with Crippen molar-refractivity contribution >= 4 is 16.7 Å². The van der Waals surface area contributed by atoms with Gasteiger partial charge in [0.1, 0.15) is 11.6 Å². The molecule has 5 rings (SSSR count). The molecule has 2 aliphatic rings. The Labute approximate surface area is 175 Å². The van der Waals surface area contributed by atoms with E-state index in [4.69, 9.17) is 9.15 Å². The minimum absolute atomic E-state index is 0.127. The van der Waals surface area contributed by atoms with E-state index in [9.17, 15) is 4.79 Å². The van der Waals surface area contributed by atoms with Gasteiger partial charge in [-0.15, -0.1) is 0 Å². The molecule has 1 saturated heterocycles. The van der Waals surface area contributed by atoms with Gasteiger partial charge in [-0.25, -0.2) is 15.0 Å². The summed E-state index contributed by atoms with van der Waals surface area (Å²) in [5.41, 5.74) is 1.73. The lowest BCUT2D eigenvalue weighted by atomic mass is 9.82. The van der Waals surface area contributed by atoms with Crippen LogP contribution in [0.15, 0.2) is 41.4 Å². The van der Waals surface area contributed by atoms with E-state index < -0.39 is 0 Å². The number of ketones is 1. The van der Waals surface area contributed by atoms with Crippen molar-refractivity contribution in [2.75, 3.05) is 26.3 Å². The highest BCUT2D eigenvalue weighted by atomic mass is 16.5. The van der Waals surface area contributed by atoms with Crippen LogP contribution in [0.1, 0.15) is 31.5 Å². The summed E-state index contributed by atoms with van der Waals surface area (Å²) in [5.74, 6) is 1.69. The number of Topliss-reactive ketones (excluding diaryl/α,β-unsaturated/α-hetero) is 1. The van der Waals surface area contributed by atoms with Crippen molar-refractivity contribution in [2.24, 2.45) is 5.92 Å². The molecule has 3 heterocycles. The Bertz CT molecular complexity index is 1010. The monoisotopic (exact) mass is 406 g/mol. The van der Waals surface area contributed by atoms with Crippen LogP contribution >= 0.6 is 0 Å². The lowest BCUT2D eigenvalue weighted by Crippen LogP contribution is -2.45. The first-order chi connectivity index (χ1) is 14.8. The molecule has 0 atom stereocenters. The second-order valence-corrected chi connectivity index (χ2v) is 8.22. The van der Waals surface area contributed by atoms with Crippen LogP contribution in [-0.2, 0) is 16.0 Å². The minimum atomic E-state index is 0.127. The molecule has 0 spiro atoms. The van der Waals surface area contributed by atoms with Crippen LogP contribution in [0.3, 0.4) is 0 Å². The van der Waals surface area contributed by atoms with E-state index in [0.29, 0.717) is 24.0 Å². The van der Waals surface area contributed by atoms with Crippen LogP contribution in [-0.4, -0.2) is 58.0 Å². The fourth-order valence-corrected chi connectivity index (χ4v) is 4.66. The van der Waals surface area contributed by atoms with Crippen molar-refractivity contribution in [3.8, 4) is 11.3 Å². The van der Waals surface area contributed by atoms with Gasteiger partial charge in [-0.05, 0) is 31.7 Å². The molecule has 156 valence electrons. The maximum absolute atomic E-state index is 12.9. The third-order valence-corrected chi connectivity index (χ3v) is 6.40. The predicted molar refractivity (Wildman–Crippen MR) is 112 cm³/mol. The molecule has 1 aliphatic heterocycles. The van der Waals surface area contributed by atoms with E-state index in [1.165, 1.54) is 6.39 Å². The molecule has 0 N–H and O–H groups in total. The number of oxazole rings is 1. The van der Waals surface area contributed by atoms with Crippen molar-refractivity contribution in [3.05, 3.63) is 42.8 Å². The van der Waals surface area contributed by atoms with E-state index >= 15 is 0 Å². The highest BCUT2D eigenvalue weighted by Gasteiger charge is 2.30. The number of rotatable bonds is 5. The maximum atomic E-state index is 12.9. The van der Waals surface area contributed by atoms with Crippen molar-refractivity contribution in [1.82, 2.24) is 19.9 Å². The summed E-state index contributed by atoms with van der Waals surface area (Å²) in [4.78, 5) is 28.5. The van der Waals surface area contributed by atoms with E-state index in [0.717, 1.165) is 68.5 Å². The van der Waals surface area contributed by atoms with E-state index in [-0.39, 0.29) is 11.7 Å². The fraction of sp³-hybridized carbons (Fsp3) is 0.478. The third kappa shape index (κ3) is 4.13. The lowest BCUT2D eigenvalue weighted by Gasteiger charge is -2.38. The molecule has 3 aromatic rings. The van der Waals surface area contributed by atoms with Crippen LogP contribution in [0.5, 0.6) is 0 Å². The van der Waals surface area contributed by atoms with Crippen molar-refractivity contribution in [1.29, 1.82) is 0 Å². The average molecular weight is 406 g/mol. The van der Waals surface area contributed by atoms with Crippen molar-refractivity contribution < 1.29 is 13.9 Å². The number of ether oxygens (including phenoxy) is 1. The molecule has 7 nitrogen and oxygen atoms in total. The summed E-state index contributed by atoms with van der Waals surface area (Å²) in [6.45, 7) is 3.70. The SMILES string of the molecule is O=C(Cc1ncc2ccc(-c3cnco3)cc2n1)C1CCC(N2CCOCC2)CC1. The summed E-state index contributed by atoms with van der Waals surface area (Å²) in [6.07, 6.45) is 9.30. The minimum Gasteiger partial charge on any atom is -0.444 e. The van der Waals surface area contributed by atoms with E-state index in [1.54, 1.807) is 12.4 Å². The summed E-state index contributed by atoms with van der Waals surface area (Å²) in [7, 11) is 0. The van der Waals surface area contributed by atoms with Gasteiger partial charge in [0.25, 0.3) is 0 Å². The van der Waals surface area contributed by atoms with Gasteiger partial charge in [0.05, 0.1) is 31.3 Å². The highest BCUT2D eigenvalue weighted by molar-refractivity contribution is 5.85. The summed E-state index contributed by atoms with van der Waals surface area (Å²) in [6, 6.07) is 6.48. The fourth-order valence-electron chi connectivity index (χ4n) is 4.66. The zero-order valence-corrected chi connectivity index (χ0v) is 17.0. The Morgan fingerprint density at radius 3 is 2.70 bits per heavy atom. The van der Waals surface area contributed by atoms with Gasteiger partial charge in [0, 0.05) is 42.2 Å². The Morgan fingerprint density at radius 2 is 1.93 bits per heavy atom. The second-order valence-electron chi connectivity index (χ2n) is 8.22. The Kier molecular flexibility index (Phi) is 5.55. The van der Waals surface area contributed by atoms with Crippen molar-refractivity contribution in [3.63, 3.8) is 0 Å². The number of nitrogens with zero attached hydrogens (tertiary/aromatic N) is 4. The largest absolute Gasteiger partial charge is 0.444 e. The zero-order valence-electron chi connectivity index (χ0n) is 17.0. The Morgan fingerprint density at radius 1 is 1.10 bits per heavy atom. The molecule has 1 saturated carbocycles. The molecular weight excluding hydrogens is 380 g/mol. The van der Waals surface area contributed by atoms with Gasteiger partial charge in [0.2, 0.25) is 0 Å². The summed E-state index contributed by atoms with van der Waals surface area (Å²) >= 11 is 0. The van der Waals surface area contributed by atoms with E-state index in [1.807, 2.05) is 18.2 Å². The Hall–Kier alpha value is -2.64.